The Bertz CT molecular complexity index is 636. The molecule has 0 unspecified atom stereocenters. The van der Waals surface area contributed by atoms with Crippen molar-refractivity contribution in [1.82, 2.24) is 14.8 Å². The average Bonchev–Trinajstić information content (AvgIpc) is 2.85. The van der Waals surface area contributed by atoms with E-state index < -0.39 is 5.97 Å². The van der Waals surface area contributed by atoms with Crippen molar-refractivity contribution in [3.05, 3.63) is 18.2 Å². The number of hydrogen-bond donors (Lipinski definition) is 2. The molecule has 0 spiro atoms. The van der Waals surface area contributed by atoms with E-state index in [1.807, 2.05) is 0 Å². The van der Waals surface area contributed by atoms with Crippen molar-refractivity contribution < 1.29 is 19.4 Å². The van der Waals surface area contributed by atoms with Gasteiger partial charge < -0.3 is 20.3 Å². The molecule has 0 fully saturated rings. The van der Waals surface area contributed by atoms with Gasteiger partial charge in [0.1, 0.15) is 11.5 Å². The number of aliphatic carboxylic acids is 1. The summed E-state index contributed by atoms with van der Waals surface area (Å²) in [4.78, 5) is 10.7. The Balaban J connectivity index is 2.45. The maximum absolute atomic E-state index is 10.7. The number of carboxylic acid groups (broad SMARTS) is 1. The summed E-state index contributed by atoms with van der Waals surface area (Å²) in [5, 5.41) is 16.8. The Kier molecular flexibility index (Phi) is 4.53. The fraction of sp³-hybridized carbons (Fsp3) is 0.250. The summed E-state index contributed by atoms with van der Waals surface area (Å²) in [6.07, 6.45) is 0. The van der Waals surface area contributed by atoms with Crippen molar-refractivity contribution in [3.63, 3.8) is 0 Å². The minimum atomic E-state index is -0.948. The lowest BCUT2D eigenvalue weighted by Gasteiger charge is -2.11. The van der Waals surface area contributed by atoms with Crippen molar-refractivity contribution in [2.75, 3.05) is 25.7 Å². The Morgan fingerprint density at radius 1 is 1.29 bits per heavy atom. The smallest absolute Gasteiger partial charge is 0.313 e. The Labute approximate surface area is 124 Å². The number of nitrogens with zero attached hydrogens (tertiary/aromatic N) is 3. The number of ether oxygens (including phenoxy) is 2. The first-order valence-corrected chi connectivity index (χ1v) is 6.82. The van der Waals surface area contributed by atoms with Gasteiger partial charge in [0.2, 0.25) is 5.95 Å². The van der Waals surface area contributed by atoms with E-state index in [2.05, 4.69) is 10.2 Å². The normalized spacial score (nSPS) is 10.4. The van der Waals surface area contributed by atoms with Crippen LogP contribution in [0.4, 0.5) is 5.95 Å². The summed E-state index contributed by atoms with van der Waals surface area (Å²) < 4.78 is 11.9. The first kappa shape index (κ1) is 15.0. The van der Waals surface area contributed by atoms with Gasteiger partial charge in [-0.1, -0.05) is 11.8 Å². The minimum Gasteiger partial charge on any atom is -0.497 e. The van der Waals surface area contributed by atoms with Crippen molar-refractivity contribution in [2.24, 2.45) is 0 Å². The molecule has 1 aromatic heterocycles. The molecule has 2 rings (SSSR count). The molecule has 2 aromatic rings. The molecule has 9 heteroatoms. The number of hydrogen-bond acceptors (Lipinski definition) is 7. The third-order valence-electron chi connectivity index (χ3n) is 2.58. The molecule has 0 amide bonds. The third-order valence-corrected chi connectivity index (χ3v) is 3.49. The molecule has 8 nitrogen and oxygen atoms in total. The fourth-order valence-corrected chi connectivity index (χ4v) is 2.34. The van der Waals surface area contributed by atoms with Crippen molar-refractivity contribution in [2.45, 2.75) is 5.16 Å². The van der Waals surface area contributed by atoms with Gasteiger partial charge in [0.25, 0.3) is 0 Å². The van der Waals surface area contributed by atoms with Gasteiger partial charge in [-0.25, -0.2) is 0 Å². The highest BCUT2D eigenvalue weighted by atomic mass is 32.2. The number of nitrogen functional groups attached to an aromatic ring is 1. The first-order chi connectivity index (χ1) is 10.0. The largest absolute Gasteiger partial charge is 0.497 e. The number of aromatic nitrogens is 3. The van der Waals surface area contributed by atoms with Gasteiger partial charge in [-0.15, -0.1) is 10.2 Å². The SMILES string of the molecule is COc1cc(OC)cc(-n2c(N)nnc2SCC(=O)O)c1. The van der Waals surface area contributed by atoms with E-state index in [1.165, 1.54) is 14.2 Å². The monoisotopic (exact) mass is 310 g/mol. The van der Waals surface area contributed by atoms with E-state index in [1.54, 1.807) is 22.8 Å². The van der Waals surface area contributed by atoms with Gasteiger partial charge in [-0.2, -0.15) is 0 Å². The van der Waals surface area contributed by atoms with E-state index in [-0.39, 0.29) is 11.7 Å². The summed E-state index contributed by atoms with van der Waals surface area (Å²) in [7, 11) is 3.07. The molecular weight excluding hydrogens is 296 g/mol. The molecule has 0 radical (unpaired) electrons. The summed E-state index contributed by atoms with van der Waals surface area (Å²) in [6, 6.07) is 5.17. The molecule has 0 bridgehead atoms. The highest BCUT2D eigenvalue weighted by Crippen LogP contribution is 2.29. The van der Waals surface area contributed by atoms with Crippen LogP contribution in [-0.4, -0.2) is 45.8 Å². The van der Waals surface area contributed by atoms with Crippen LogP contribution in [-0.2, 0) is 4.79 Å². The van der Waals surface area contributed by atoms with Gasteiger partial charge in [-0.05, 0) is 0 Å². The number of anilines is 1. The van der Waals surface area contributed by atoms with Crippen LogP contribution < -0.4 is 15.2 Å². The van der Waals surface area contributed by atoms with Crippen molar-refractivity contribution >= 4 is 23.7 Å². The topological polar surface area (TPSA) is 112 Å². The molecule has 0 aliphatic carbocycles. The molecule has 0 saturated carbocycles. The zero-order chi connectivity index (χ0) is 15.4. The zero-order valence-electron chi connectivity index (χ0n) is 11.4. The lowest BCUT2D eigenvalue weighted by molar-refractivity contribution is -0.133. The molecule has 0 saturated heterocycles. The molecule has 0 atom stereocenters. The van der Waals surface area contributed by atoms with Gasteiger partial charge in [0, 0.05) is 18.2 Å². The fourth-order valence-electron chi connectivity index (χ4n) is 1.67. The van der Waals surface area contributed by atoms with Crippen LogP contribution in [0.15, 0.2) is 23.4 Å². The van der Waals surface area contributed by atoms with Crippen LogP contribution in [0.25, 0.3) is 5.69 Å². The summed E-state index contributed by atoms with van der Waals surface area (Å²) in [6.45, 7) is 0. The van der Waals surface area contributed by atoms with Crippen LogP contribution in [0.5, 0.6) is 11.5 Å². The van der Waals surface area contributed by atoms with E-state index in [0.717, 1.165) is 11.8 Å². The molecular formula is C12H14N4O4S. The number of benzene rings is 1. The second-order valence-corrected chi connectivity index (χ2v) is 4.87. The van der Waals surface area contributed by atoms with Gasteiger partial charge in [0.05, 0.1) is 25.7 Å². The molecule has 1 heterocycles. The predicted octanol–water partition coefficient (Wildman–Crippen LogP) is 1.04. The number of rotatable bonds is 6. The lowest BCUT2D eigenvalue weighted by atomic mass is 10.2. The van der Waals surface area contributed by atoms with Crippen LogP contribution in [0, 0.1) is 0 Å². The Morgan fingerprint density at radius 2 is 1.90 bits per heavy atom. The van der Waals surface area contributed by atoms with Gasteiger partial charge in [0.15, 0.2) is 5.16 Å². The predicted molar refractivity (Wildman–Crippen MR) is 77.2 cm³/mol. The van der Waals surface area contributed by atoms with Crippen LogP contribution in [0.3, 0.4) is 0 Å². The number of carbonyl (C=O) groups is 1. The molecule has 3 N–H and O–H groups in total. The molecule has 0 aliphatic heterocycles. The Hall–Kier alpha value is -2.42. The van der Waals surface area contributed by atoms with Crippen LogP contribution >= 0.6 is 11.8 Å². The third kappa shape index (κ3) is 3.37. The zero-order valence-corrected chi connectivity index (χ0v) is 12.3. The maximum Gasteiger partial charge on any atom is 0.313 e. The Morgan fingerprint density at radius 3 is 2.43 bits per heavy atom. The van der Waals surface area contributed by atoms with Gasteiger partial charge in [-0.3, -0.25) is 9.36 Å². The number of methoxy groups -OCH3 is 2. The molecule has 1 aromatic carbocycles. The summed E-state index contributed by atoms with van der Waals surface area (Å²) >= 11 is 1.03. The highest BCUT2D eigenvalue weighted by Gasteiger charge is 2.15. The quantitative estimate of drug-likeness (QED) is 0.761. The lowest BCUT2D eigenvalue weighted by Crippen LogP contribution is -2.05. The van der Waals surface area contributed by atoms with Crippen LogP contribution in [0.1, 0.15) is 0 Å². The van der Waals surface area contributed by atoms with E-state index in [0.29, 0.717) is 22.3 Å². The van der Waals surface area contributed by atoms with E-state index >= 15 is 0 Å². The number of nitrogens with two attached hydrogens (primary N) is 1. The minimum absolute atomic E-state index is 0.140. The van der Waals surface area contributed by atoms with E-state index in [4.69, 9.17) is 20.3 Å². The summed E-state index contributed by atoms with van der Waals surface area (Å²) in [5.74, 6) is 0.215. The molecule has 112 valence electrons. The van der Waals surface area contributed by atoms with Crippen molar-refractivity contribution in [1.29, 1.82) is 0 Å². The molecule has 21 heavy (non-hydrogen) atoms. The van der Waals surface area contributed by atoms with Gasteiger partial charge >= 0.3 is 5.97 Å². The second kappa shape index (κ2) is 6.35. The summed E-state index contributed by atoms with van der Waals surface area (Å²) in [5.41, 5.74) is 6.44. The standard InChI is InChI=1S/C12H14N4O4S/c1-19-8-3-7(4-9(5-8)20-2)16-11(13)14-15-12(16)21-6-10(17)18/h3-5H,6H2,1-2H3,(H2,13,14)(H,17,18). The maximum atomic E-state index is 10.7. The van der Waals surface area contributed by atoms with Crippen molar-refractivity contribution in [3.8, 4) is 17.2 Å². The highest BCUT2D eigenvalue weighted by molar-refractivity contribution is 7.99. The second-order valence-electron chi connectivity index (χ2n) is 3.93. The average molecular weight is 310 g/mol. The number of thioether (sulfide) groups is 1. The van der Waals surface area contributed by atoms with E-state index in [9.17, 15) is 4.79 Å². The van der Waals surface area contributed by atoms with Crippen LogP contribution in [0.2, 0.25) is 0 Å². The number of carboxylic acids is 1. The first-order valence-electron chi connectivity index (χ1n) is 5.84. The molecule has 0 aliphatic rings.